The van der Waals surface area contributed by atoms with Crippen LogP contribution in [0.1, 0.15) is 17.3 Å². The Hall–Kier alpha value is -2.01. The molecule has 6 N–H and O–H groups in total. The molecule has 1 unspecified atom stereocenters. The zero-order valence-corrected chi connectivity index (χ0v) is 10.6. The predicted molar refractivity (Wildman–Crippen MR) is 73.7 cm³/mol. The van der Waals surface area contributed by atoms with E-state index in [2.05, 4.69) is 12.3 Å². The molecular formula is C13H21N3O2. The van der Waals surface area contributed by atoms with Gasteiger partial charge < -0.3 is 21.9 Å². The number of esters is 1. The number of benzene rings is 1. The Morgan fingerprint density at radius 3 is 2.39 bits per heavy atom. The van der Waals surface area contributed by atoms with Crippen molar-refractivity contribution in [3.8, 4) is 0 Å². The van der Waals surface area contributed by atoms with Crippen LogP contribution in [-0.4, -0.2) is 19.1 Å². The van der Waals surface area contributed by atoms with Gasteiger partial charge in [0.1, 0.15) is 0 Å². The lowest BCUT2D eigenvalue weighted by Gasteiger charge is -2.09. The Bertz CT molecular complexity index is 363. The Labute approximate surface area is 108 Å². The zero-order valence-electron chi connectivity index (χ0n) is 10.6. The van der Waals surface area contributed by atoms with E-state index in [-0.39, 0.29) is 11.9 Å². The molecule has 1 atom stereocenters. The number of anilines is 1. The highest BCUT2D eigenvalue weighted by molar-refractivity contribution is 5.89. The fourth-order valence-corrected chi connectivity index (χ4v) is 0.989. The van der Waals surface area contributed by atoms with Gasteiger partial charge in [0.15, 0.2) is 0 Å². The van der Waals surface area contributed by atoms with Crippen molar-refractivity contribution >= 4 is 11.7 Å². The number of nitrogen functional groups attached to an aromatic ring is 1. The summed E-state index contributed by atoms with van der Waals surface area (Å²) in [6.45, 7) is 5.92. The van der Waals surface area contributed by atoms with E-state index in [1.807, 2.05) is 6.92 Å². The van der Waals surface area contributed by atoms with Gasteiger partial charge in [0.2, 0.25) is 0 Å². The fraction of sp³-hybridized carbons (Fsp3) is 0.308. The van der Waals surface area contributed by atoms with Gasteiger partial charge in [-0.1, -0.05) is 13.5 Å². The molecule has 0 bridgehead atoms. The van der Waals surface area contributed by atoms with Crippen LogP contribution < -0.4 is 17.2 Å². The summed E-state index contributed by atoms with van der Waals surface area (Å²) < 4.78 is 5.06. The first-order chi connectivity index (χ1) is 8.54. The first-order valence-electron chi connectivity index (χ1n) is 5.60. The number of carbonyl (C=O) groups excluding carboxylic acids is 1. The number of carbonyl (C=O) groups is 1. The van der Waals surface area contributed by atoms with Gasteiger partial charge in [0, 0.05) is 11.6 Å². The second-order valence-electron chi connectivity index (χ2n) is 3.80. The van der Waals surface area contributed by atoms with Crippen LogP contribution in [0, 0.1) is 5.92 Å². The van der Waals surface area contributed by atoms with Gasteiger partial charge in [-0.05, 0) is 37.0 Å². The third-order valence-corrected chi connectivity index (χ3v) is 2.05. The van der Waals surface area contributed by atoms with Crippen molar-refractivity contribution in [2.24, 2.45) is 17.4 Å². The van der Waals surface area contributed by atoms with Crippen molar-refractivity contribution in [1.82, 2.24) is 0 Å². The van der Waals surface area contributed by atoms with Crippen molar-refractivity contribution in [2.45, 2.75) is 6.92 Å². The Balaban J connectivity index is 0.000000873. The molecule has 100 valence electrons. The van der Waals surface area contributed by atoms with Crippen molar-refractivity contribution in [3.63, 3.8) is 0 Å². The summed E-state index contributed by atoms with van der Waals surface area (Å²) in [5, 5.41) is 0. The minimum absolute atomic E-state index is 0.183. The number of hydrogen-bond donors (Lipinski definition) is 3. The minimum Gasteiger partial charge on any atom is -0.462 e. The zero-order chi connectivity index (χ0) is 14.0. The second kappa shape index (κ2) is 9.07. The molecule has 18 heavy (non-hydrogen) atoms. The highest BCUT2D eigenvalue weighted by Crippen LogP contribution is 2.07. The Morgan fingerprint density at radius 1 is 1.44 bits per heavy atom. The topological polar surface area (TPSA) is 104 Å². The summed E-state index contributed by atoms with van der Waals surface area (Å²) >= 11 is 0. The lowest BCUT2D eigenvalue weighted by Crippen LogP contribution is -2.19. The smallest absolute Gasteiger partial charge is 0.338 e. The average molecular weight is 251 g/mol. The molecule has 0 aliphatic carbocycles. The second-order valence-corrected chi connectivity index (χ2v) is 3.80. The van der Waals surface area contributed by atoms with Gasteiger partial charge in [-0.15, -0.1) is 0 Å². The van der Waals surface area contributed by atoms with Crippen LogP contribution in [-0.2, 0) is 4.74 Å². The molecule has 1 aromatic rings. The highest BCUT2D eigenvalue weighted by Gasteiger charge is 2.08. The lowest BCUT2D eigenvalue weighted by atomic mass is 10.2. The number of nitrogens with two attached hydrogens (primary N) is 3. The van der Waals surface area contributed by atoms with Crippen molar-refractivity contribution in [2.75, 3.05) is 18.9 Å². The first-order valence-corrected chi connectivity index (χ1v) is 5.60. The summed E-state index contributed by atoms with van der Waals surface area (Å²) in [4.78, 5) is 11.5. The molecule has 0 aliphatic rings. The summed E-state index contributed by atoms with van der Waals surface area (Å²) in [7, 11) is 0. The van der Waals surface area contributed by atoms with E-state index in [0.29, 0.717) is 24.4 Å². The molecule has 1 rings (SSSR count). The van der Waals surface area contributed by atoms with E-state index in [1.165, 1.54) is 6.20 Å². The van der Waals surface area contributed by atoms with Crippen molar-refractivity contribution in [3.05, 3.63) is 42.6 Å². The molecule has 0 saturated carbocycles. The van der Waals surface area contributed by atoms with Crippen LogP contribution in [0.5, 0.6) is 0 Å². The summed E-state index contributed by atoms with van der Waals surface area (Å²) in [5.74, 6) is -0.155. The van der Waals surface area contributed by atoms with Crippen molar-refractivity contribution < 1.29 is 9.53 Å². The third kappa shape index (κ3) is 6.55. The molecule has 0 heterocycles. The maximum Gasteiger partial charge on any atom is 0.338 e. The molecule has 5 heteroatoms. The number of hydrogen-bond acceptors (Lipinski definition) is 5. The van der Waals surface area contributed by atoms with Crippen LogP contribution in [0.15, 0.2) is 37.0 Å². The van der Waals surface area contributed by atoms with Gasteiger partial charge in [-0.2, -0.15) is 0 Å². The van der Waals surface area contributed by atoms with E-state index < -0.39 is 0 Å². The van der Waals surface area contributed by atoms with Crippen LogP contribution in [0.25, 0.3) is 0 Å². The first kappa shape index (κ1) is 16.0. The monoisotopic (exact) mass is 251 g/mol. The average Bonchev–Trinajstić information content (AvgIpc) is 2.37. The fourth-order valence-electron chi connectivity index (χ4n) is 0.989. The Morgan fingerprint density at radius 2 is 1.94 bits per heavy atom. The standard InChI is InChI=1S/C11H16N2O2.C2H5N/c1-8(6-12)7-15-11(14)9-2-4-10(13)5-3-9;1-2-3/h2-5,8H,6-7,12-13H2,1H3;2H,1,3H2. The van der Waals surface area contributed by atoms with E-state index in [0.717, 1.165) is 0 Å². The summed E-state index contributed by atoms with van der Waals surface area (Å²) in [5.41, 5.74) is 16.7. The van der Waals surface area contributed by atoms with Gasteiger partial charge in [0.25, 0.3) is 0 Å². The van der Waals surface area contributed by atoms with E-state index in [4.69, 9.17) is 16.2 Å². The normalized spacial score (nSPS) is 10.8. The molecule has 0 fully saturated rings. The number of ether oxygens (including phenoxy) is 1. The van der Waals surface area contributed by atoms with Crippen LogP contribution in [0.2, 0.25) is 0 Å². The van der Waals surface area contributed by atoms with Crippen molar-refractivity contribution in [1.29, 1.82) is 0 Å². The van der Waals surface area contributed by atoms with Crippen LogP contribution >= 0.6 is 0 Å². The quantitative estimate of drug-likeness (QED) is 0.549. The Kier molecular flexibility index (Phi) is 8.05. The largest absolute Gasteiger partial charge is 0.462 e. The van der Waals surface area contributed by atoms with E-state index >= 15 is 0 Å². The molecule has 0 aromatic heterocycles. The molecule has 0 radical (unpaired) electrons. The molecule has 5 nitrogen and oxygen atoms in total. The molecule has 0 amide bonds. The van der Waals surface area contributed by atoms with Gasteiger partial charge in [-0.25, -0.2) is 4.79 Å². The van der Waals surface area contributed by atoms with Gasteiger partial charge >= 0.3 is 5.97 Å². The maximum absolute atomic E-state index is 11.5. The SMILES string of the molecule is C=CN.CC(CN)COC(=O)c1ccc(N)cc1. The molecular weight excluding hydrogens is 230 g/mol. The predicted octanol–water partition coefficient (Wildman–Crippen LogP) is 1.11. The van der Waals surface area contributed by atoms with E-state index in [9.17, 15) is 4.79 Å². The third-order valence-electron chi connectivity index (χ3n) is 2.05. The number of rotatable bonds is 4. The van der Waals surface area contributed by atoms with Gasteiger partial charge in [0.05, 0.1) is 12.2 Å². The van der Waals surface area contributed by atoms with Crippen LogP contribution in [0.3, 0.4) is 0 Å². The summed E-state index contributed by atoms with van der Waals surface area (Å²) in [6.07, 6.45) is 1.25. The maximum atomic E-state index is 11.5. The van der Waals surface area contributed by atoms with Crippen LogP contribution in [0.4, 0.5) is 5.69 Å². The van der Waals surface area contributed by atoms with E-state index in [1.54, 1.807) is 24.3 Å². The molecule has 0 spiro atoms. The highest BCUT2D eigenvalue weighted by atomic mass is 16.5. The molecule has 0 aliphatic heterocycles. The van der Waals surface area contributed by atoms with Gasteiger partial charge in [-0.3, -0.25) is 0 Å². The summed E-state index contributed by atoms with van der Waals surface area (Å²) in [6, 6.07) is 6.63. The molecule has 1 aromatic carbocycles. The lowest BCUT2D eigenvalue weighted by molar-refractivity contribution is 0.0454. The molecule has 0 saturated heterocycles. The minimum atomic E-state index is -0.338.